The zero-order valence-corrected chi connectivity index (χ0v) is 12.6. The van der Waals surface area contributed by atoms with Crippen LogP contribution in [-0.2, 0) is 19.6 Å². The fourth-order valence-corrected chi connectivity index (χ4v) is 3.30. The quantitative estimate of drug-likeness (QED) is 0.631. The molecule has 2 aromatic rings. The number of sulfonamides is 1. The van der Waals surface area contributed by atoms with Crippen LogP contribution < -0.4 is 5.73 Å². The predicted molar refractivity (Wildman–Crippen MR) is 79.2 cm³/mol. The molecule has 0 atom stereocenters. The van der Waals surface area contributed by atoms with Crippen LogP contribution in [0, 0.1) is 0 Å². The Hall–Kier alpha value is -2.06. The van der Waals surface area contributed by atoms with Gasteiger partial charge in [-0.3, -0.25) is 4.79 Å². The molecule has 0 saturated carbocycles. The van der Waals surface area contributed by atoms with Gasteiger partial charge in [0.1, 0.15) is 4.90 Å². The van der Waals surface area contributed by atoms with E-state index in [1.807, 2.05) is 0 Å². The van der Waals surface area contributed by atoms with E-state index < -0.39 is 16.0 Å². The standard InChI is InChI=1S/C13H17N3O4S/c1-16(6-5-13(17)20-2)21(18,19)12-8-15-11-7-9(14)3-4-10(11)12/h3-4,7-8,15H,5-6,14H2,1-2H3. The van der Waals surface area contributed by atoms with Gasteiger partial charge in [0.25, 0.3) is 0 Å². The van der Waals surface area contributed by atoms with E-state index in [0.717, 1.165) is 4.31 Å². The molecule has 0 aliphatic carbocycles. The molecule has 114 valence electrons. The monoisotopic (exact) mass is 311 g/mol. The van der Waals surface area contributed by atoms with Crippen LogP contribution in [0.1, 0.15) is 6.42 Å². The molecule has 0 aliphatic heterocycles. The summed E-state index contributed by atoms with van der Waals surface area (Å²) in [5.74, 6) is -0.455. The first-order chi connectivity index (χ1) is 9.86. The van der Waals surface area contributed by atoms with Gasteiger partial charge in [-0.05, 0) is 18.2 Å². The molecule has 2 rings (SSSR count). The van der Waals surface area contributed by atoms with Crippen molar-refractivity contribution in [1.29, 1.82) is 0 Å². The number of anilines is 1. The first-order valence-corrected chi connectivity index (χ1v) is 7.70. The lowest BCUT2D eigenvalue weighted by atomic mass is 10.2. The van der Waals surface area contributed by atoms with E-state index in [2.05, 4.69) is 9.72 Å². The molecule has 1 aromatic heterocycles. The number of carbonyl (C=O) groups excluding carboxylic acids is 1. The van der Waals surface area contributed by atoms with Gasteiger partial charge < -0.3 is 15.5 Å². The van der Waals surface area contributed by atoms with E-state index in [9.17, 15) is 13.2 Å². The number of nitrogen functional groups attached to an aromatic ring is 1. The minimum atomic E-state index is -3.69. The number of hydrogen-bond acceptors (Lipinski definition) is 5. The van der Waals surface area contributed by atoms with Crippen molar-refractivity contribution in [1.82, 2.24) is 9.29 Å². The maximum atomic E-state index is 12.5. The molecule has 0 spiro atoms. The second kappa shape index (κ2) is 5.74. The zero-order valence-electron chi connectivity index (χ0n) is 11.8. The highest BCUT2D eigenvalue weighted by atomic mass is 32.2. The van der Waals surface area contributed by atoms with E-state index in [1.165, 1.54) is 20.4 Å². The van der Waals surface area contributed by atoms with Crippen LogP contribution >= 0.6 is 0 Å². The summed E-state index contributed by atoms with van der Waals surface area (Å²) in [5.41, 5.74) is 6.86. The van der Waals surface area contributed by atoms with Gasteiger partial charge in [0.05, 0.1) is 13.5 Å². The highest BCUT2D eigenvalue weighted by Gasteiger charge is 2.24. The zero-order chi connectivity index (χ0) is 15.6. The van der Waals surface area contributed by atoms with Crippen LogP contribution in [0.5, 0.6) is 0 Å². The fourth-order valence-electron chi connectivity index (χ4n) is 1.97. The molecule has 21 heavy (non-hydrogen) atoms. The maximum Gasteiger partial charge on any atom is 0.306 e. The number of rotatable bonds is 5. The van der Waals surface area contributed by atoms with E-state index in [-0.39, 0.29) is 17.9 Å². The van der Waals surface area contributed by atoms with Crippen molar-refractivity contribution in [3.8, 4) is 0 Å². The van der Waals surface area contributed by atoms with Crippen molar-refractivity contribution in [2.45, 2.75) is 11.3 Å². The van der Waals surface area contributed by atoms with Crippen molar-refractivity contribution >= 4 is 32.6 Å². The van der Waals surface area contributed by atoms with Gasteiger partial charge in [0.15, 0.2) is 0 Å². The Morgan fingerprint density at radius 2 is 2.14 bits per heavy atom. The number of nitrogens with two attached hydrogens (primary N) is 1. The third kappa shape index (κ3) is 3.01. The number of methoxy groups -OCH3 is 1. The van der Waals surface area contributed by atoms with Crippen molar-refractivity contribution in [3.63, 3.8) is 0 Å². The van der Waals surface area contributed by atoms with Gasteiger partial charge in [-0.25, -0.2) is 12.7 Å². The summed E-state index contributed by atoms with van der Waals surface area (Å²) >= 11 is 0. The Morgan fingerprint density at radius 1 is 1.43 bits per heavy atom. The number of benzene rings is 1. The second-order valence-corrected chi connectivity index (χ2v) is 6.62. The number of H-pyrrole nitrogens is 1. The van der Waals surface area contributed by atoms with Crippen LogP contribution in [0.4, 0.5) is 5.69 Å². The number of nitrogens with one attached hydrogen (secondary N) is 1. The summed E-state index contributed by atoms with van der Waals surface area (Å²) in [5, 5.41) is 0.564. The van der Waals surface area contributed by atoms with Crippen molar-refractivity contribution in [3.05, 3.63) is 24.4 Å². The minimum absolute atomic E-state index is 0.00152. The lowest BCUT2D eigenvalue weighted by Crippen LogP contribution is -2.29. The number of hydrogen-bond donors (Lipinski definition) is 2. The van der Waals surface area contributed by atoms with E-state index >= 15 is 0 Å². The topological polar surface area (TPSA) is 105 Å². The van der Waals surface area contributed by atoms with Gasteiger partial charge in [-0.2, -0.15) is 0 Å². The fraction of sp³-hybridized carbons (Fsp3) is 0.308. The number of fused-ring (bicyclic) bond motifs is 1. The SMILES string of the molecule is COC(=O)CCN(C)S(=O)(=O)c1c[nH]c2cc(N)ccc12. The van der Waals surface area contributed by atoms with Crippen LogP contribution in [0.3, 0.4) is 0 Å². The van der Waals surface area contributed by atoms with Crippen LogP contribution in [0.2, 0.25) is 0 Å². The van der Waals surface area contributed by atoms with Crippen LogP contribution in [0.15, 0.2) is 29.3 Å². The molecule has 0 radical (unpaired) electrons. The first-order valence-electron chi connectivity index (χ1n) is 6.26. The highest BCUT2D eigenvalue weighted by molar-refractivity contribution is 7.89. The molecule has 0 aliphatic rings. The lowest BCUT2D eigenvalue weighted by Gasteiger charge is -2.15. The summed E-state index contributed by atoms with van der Waals surface area (Å²) in [6.45, 7) is 0.0522. The normalized spacial score (nSPS) is 12.0. The Bertz CT molecular complexity index is 767. The molecule has 0 unspecified atom stereocenters. The lowest BCUT2D eigenvalue weighted by molar-refractivity contribution is -0.140. The Morgan fingerprint density at radius 3 is 2.81 bits per heavy atom. The van der Waals surface area contributed by atoms with Crippen molar-refractivity contribution in [2.24, 2.45) is 0 Å². The molecule has 1 aromatic carbocycles. The molecule has 0 bridgehead atoms. The number of esters is 1. The second-order valence-electron chi connectivity index (χ2n) is 4.61. The van der Waals surface area contributed by atoms with Crippen LogP contribution in [-0.4, -0.2) is 44.4 Å². The number of aromatic amines is 1. The molecular weight excluding hydrogens is 294 g/mol. The van der Waals surface area contributed by atoms with Gasteiger partial charge in [-0.1, -0.05) is 0 Å². The molecule has 8 heteroatoms. The third-order valence-corrected chi connectivity index (χ3v) is 5.11. The molecule has 1 heterocycles. The number of ether oxygens (including phenoxy) is 1. The summed E-state index contributed by atoms with van der Waals surface area (Å²) in [6.07, 6.45) is 1.43. The van der Waals surface area contributed by atoms with Crippen molar-refractivity contribution < 1.29 is 17.9 Å². The molecule has 0 fully saturated rings. The summed E-state index contributed by atoms with van der Waals surface area (Å²) in [4.78, 5) is 14.2. The summed E-state index contributed by atoms with van der Waals surface area (Å²) in [7, 11) is -0.996. The number of carbonyl (C=O) groups is 1. The summed E-state index contributed by atoms with van der Waals surface area (Å²) < 4.78 is 30.7. The molecular formula is C13H17N3O4S. The van der Waals surface area contributed by atoms with E-state index in [1.54, 1.807) is 18.2 Å². The Labute approximate surface area is 122 Å². The molecule has 0 saturated heterocycles. The van der Waals surface area contributed by atoms with Crippen molar-refractivity contribution in [2.75, 3.05) is 26.4 Å². The van der Waals surface area contributed by atoms with Gasteiger partial charge >= 0.3 is 5.97 Å². The third-order valence-electron chi connectivity index (χ3n) is 3.21. The average Bonchev–Trinajstić information content (AvgIpc) is 2.87. The number of aromatic nitrogens is 1. The minimum Gasteiger partial charge on any atom is -0.469 e. The summed E-state index contributed by atoms with van der Waals surface area (Å²) in [6, 6.07) is 4.97. The molecule has 3 N–H and O–H groups in total. The van der Waals surface area contributed by atoms with Crippen LogP contribution in [0.25, 0.3) is 10.9 Å². The predicted octanol–water partition coefficient (Wildman–Crippen LogP) is 0.934. The molecule has 7 nitrogen and oxygen atoms in total. The largest absolute Gasteiger partial charge is 0.469 e. The van der Waals surface area contributed by atoms with E-state index in [0.29, 0.717) is 16.6 Å². The smallest absolute Gasteiger partial charge is 0.306 e. The maximum absolute atomic E-state index is 12.5. The average molecular weight is 311 g/mol. The Balaban J connectivity index is 2.31. The van der Waals surface area contributed by atoms with Gasteiger partial charge in [0.2, 0.25) is 10.0 Å². The van der Waals surface area contributed by atoms with Gasteiger partial charge in [0, 0.05) is 36.4 Å². The Kier molecular flexibility index (Phi) is 4.19. The first kappa shape index (κ1) is 15.3. The van der Waals surface area contributed by atoms with Gasteiger partial charge in [-0.15, -0.1) is 0 Å². The number of nitrogens with zero attached hydrogens (tertiary/aromatic N) is 1. The van der Waals surface area contributed by atoms with E-state index in [4.69, 9.17) is 5.73 Å². The highest BCUT2D eigenvalue weighted by Crippen LogP contribution is 2.26. The molecule has 0 amide bonds.